The zero-order valence-corrected chi connectivity index (χ0v) is 16.3. The van der Waals surface area contributed by atoms with Gasteiger partial charge in [-0.15, -0.1) is 12.4 Å². The third-order valence-electron chi connectivity index (χ3n) is 6.19. The van der Waals surface area contributed by atoms with Crippen LogP contribution in [0.1, 0.15) is 33.1 Å². The lowest BCUT2D eigenvalue weighted by Gasteiger charge is -2.39. The van der Waals surface area contributed by atoms with E-state index >= 15 is 0 Å². The maximum Gasteiger partial charge on any atom is 0.0623 e. The van der Waals surface area contributed by atoms with Gasteiger partial charge in [-0.3, -0.25) is 4.90 Å². The van der Waals surface area contributed by atoms with E-state index in [1.54, 1.807) is 0 Å². The van der Waals surface area contributed by atoms with Crippen molar-refractivity contribution in [2.24, 2.45) is 5.92 Å². The molecule has 1 saturated carbocycles. The third-order valence-corrected chi connectivity index (χ3v) is 6.19. The number of nitrogens with one attached hydrogen (secondary N) is 2. The van der Waals surface area contributed by atoms with Crippen LogP contribution in [-0.2, 0) is 4.74 Å². The molecule has 24 heavy (non-hydrogen) atoms. The molecule has 0 aromatic carbocycles. The Labute approximate surface area is 154 Å². The van der Waals surface area contributed by atoms with Crippen LogP contribution in [0.5, 0.6) is 0 Å². The molecule has 3 aliphatic rings. The molecule has 0 spiro atoms. The van der Waals surface area contributed by atoms with Gasteiger partial charge in [0.1, 0.15) is 0 Å². The number of hydrogen-bond acceptors (Lipinski definition) is 5. The van der Waals surface area contributed by atoms with Gasteiger partial charge in [0.05, 0.1) is 13.2 Å². The number of ether oxygens (including phenoxy) is 1. The van der Waals surface area contributed by atoms with Crippen molar-refractivity contribution in [2.75, 3.05) is 59.0 Å². The highest BCUT2D eigenvalue weighted by atomic mass is 35.5. The molecule has 0 radical (unpaired) electrons. The number of halogens is 1. The lowest BCUT2D eigenvalue weighted by atomic mass is 9.94. The molecule has 2 heterocycles. The first-order chi connectivity index (χ1) is 11.3. The standard InChI is InChI=1S/C18H36N4O.ClH/c1-3-21-8-10-22(11-9-21)15(2)13-20-17-6-4-5-16(17)18-14-23-12-7-19-18;/h15-20H,3-14H2,1-2H3;1H. The van der Waals surface area contributed by atoms with Crippen LogP contribution in [0, 0.1) is 5.92 Å². The fourth-order valence-corrected chi connectivity index (χ4v) is 4.56. The molecule has 2 N–H and O–H groups in total. The van der Waals surface area contributed by atoms with E-state index in [1.165, 1.54) is 52.0 Å². The van der Waals surface area contributed by atoms with Crippen LogP contribution in [0.4, 0.5) is 0 Å². The van der Waals surface area contributed by atoms with E-state index < -0.39 is 0 Å². The number of piperazine rings is 1. The third kappa shape index (κ3) is 5.29. The van der Waals surface area contributed by atoms with Gasteiger partial charge >= 0.3 is 0 Å². The van der Waals surface area contributed by atoms with E-state index in [9.17, 15) is 0 Å². The quantitative estimate of drug-likeness (QED) is 0.744. The first-order valence-electron chi connectivity index (χ1n) is 9.79. The summed E-state index contributed by atoms with van der Waals surface area (Å²) in [4.78, 5) is 5.21. The highest BCUT2D eigenvalue weighted by Crippen LogP contribution is 2.29. The summed E-state index contributed by atoms with van der Waals surface area (Å²) < 4.78 is 5.68. The summed E-state index contributed by atoms with van der Waals surface area (Å²) in [5.41, 5.74) is 0. The van der Waals surface area contributed by atoms with Gasteiger partial charge in [0, 0.05) is 57.4 Å². The Morgan fingerprint density at radius 3 is 2.67 bits per heavy atom. The summed E-state index contributed by atoms with van der Waals surface area (Å²) in [5, 5.41) is 7.57. The van der Waals surface area contributed by atoms with Crippen molar-refractivity contribution < 1.29 is 4.74 Å². The predicted molar refractivity (Wildman–Crippen MR) is 102 cm³/mol. The van der Waals surface area contributed by atoms with Crippen molar-refractivity contribution in [1.29, 1.82) is 0 Å². The Kier molecular flexibility index (Phi) is 8.75. The molecule has 2 saturated heterocycles. The van der Waals surface area contributed by atoms with E-state index in [1.807, 2.05) is 0 Å². The zero-order valence-electron chi connectivity index (χ0n) is 15.5. The molecule has 4 unspecified atom stereocenters. The highest BCUT2D eigenvalue weighted by molar-refractivity contribution is 5.85. The van der Waals surface area contributed by atoms with Crippen LogP contribution in [0.15, 0.2) is 0 Å². The molecule has 3 fully saturated rings. The summed E-state index contributed by atoms with van der Waals surface area (Å²) in [5.74, 6) is 0.749. The average molecular weight is 361 g/mol. The van der Waals surface area contributed by atoms with Crippen molar-refractivity contribution in [2.45, 2.75) is 51.2 Å². The molecule has 0 aromatic heterocycles. The fourth-order valence-electron chi connectivity index (χ4n) is 4.56. The van der Waals surface area contributed by atoms with Crippen molar-refractivity contribution in [3.8, 4) is 0 Å². The molecule has 6 heteroatoms. The lowest BCUT2D eigenvalue weighted by molar-refractivity contribution is 0.0512. The number of morpholine rings is 1. The van der Waals surface area contributed by atoms with E-state index in [2.05, 4.69) is 34.3 Å². The smallest absolute Gasteiger partial charge is 0.0623 e. The minimum Gasteiger partial charge on any atom is -0.379 e. The molecule has 142 valence electrons. The first-order valence-corrected chi connectivity index (χ1v) is 9.79. The average Bonchev–Trinajstić information content (AvgIpc) is 3.09. The molecule has 4 atom stereocenters. The van der Waals surface area contributed by atoms with Crippen molar-refractivity contribution in [1.82, 2.24) is 20.4 Å². The monoisotopic (exact) mass is 360 g/mol. The van der Waals surface area contributed by atoms with Crippen LogP contribution in [0.25, 0.3) is 0 Å². The molecule has 0 aromatic rings. The molecule has 1 aliphatic carbocycles. The van der Waals surface area contributed by atoms with Gasteiger partial charge in [0.15, 0.2) is 0 Å². The highest BCUT2D eigenvalue weighted by Gasteiger charge is 2.34. The van der Waals surface area contributed by atoms with E-state index in [4.69, 9.17) is 4.74 Å². The molecule has 0 amide bonds. The van der Waals surface area contributed by atoms with Crippen molar-refractivity contribution in [3.63, 3.8) is 0 Å². The summed E-state index contributed by atoms with van der Waals surface area (Å²) in [6.07, 6.45) is 4.05. The van der Waals surface area contributed by atoms with Crippen molar-refractivity contribution in [3.05, 3.63) is 0 Å². The van der Waals surface area contributed by atoms with E-state index in [-0.39, 0.29) is 12.4 Å². The second-order valence-corrected chi connectivity index (χ2v) is 7.56. The second-order valence-electron chi connectivity index (χ2n) is 7.56. The molecule has 0 bridgehead atoms. The lowest BCUT2D eigenvalue weighted by Crippen LogP contribution is -2.54. The van der Waals surface area contributed by atoms with Gasteiger partial charge in [-0.05, 0) is 32.2 Å². The maximum absolute atomic E-state index is 5.68. The number of likely N-dealkylation sites (N-methyl/N-ethyl adjacent to an activating group) is 1. The molecule has 5 nitrogen and oxygen atoms in total. The fraction of sp³-hybridized carbons (Fsp3) is 1.00. The molecule has 2 aliphatic heterocycles. The normalized spacial score (nSPS) is 34.0. The minimum absolute atomic E-state index is 0. The number of hydrogen-bond donors (Lipinski definition) is 2. The Balaban J connectivity index is 0.00000208. The summed E-state index contributed by atoms with van der Waals surface area (Å²) >= 11 is 0. The second kappa shape index (κ2) is 10.3. The number of nitrogens with zero attached hydrogens (tertiary/aromatic N) is 2. The molecular formula is C18H37ClN4O. The molecular weight excluding hydrogens is 324 g/mol. The van der Waals surface area contributed by atoms with Gasteiger partial charge in [0.25, 0.3) is 0 Å². The van der Waals surface area contributed by atoms with Crippen LogP contribution >= 0.6 is 12.4 Å². The van der Waals surface area contributed by atoms with Crippen LogP contribution < -0.4 is 10.6 Å². The van der Waals surface area contributed by atoms with E-state index in [0.717, 1.165) is 32.2 Å². The van der Waals surface area contributed by atoms with Crippen LogP contribution in [-0.4, -0.2) is 87.0 Å². The van der Waals surface area contributed by atoms with Gasteiger partial charge in [-0.1, -0.05) is 13.3 Å². The largest absolute Gasteiger partial charge is 0.379 e. The predicted octanol–water partition coefficient (Wildman–Crippen LogP) is 1.18. The molecule has 3 rings (SSSR count). The minimum atomic E-state index is 0. The summed E-state index contributed by atoms with van der Waals surface area (Å²) in [6.45, 7) is 14.7. The summed E-state index contributed by atoms with van der Waals surface area (Å²) in [6, 6.07) is 1.88. The maximum atomic E-state index is 5.68. The van der Waals surface area contributed by atoms with Crippen LogP contribution in [0.3, 0.4) is 0 Å². The summed E-state index contributed by atoms with van der Waals surface area (Å²) in [7, 11) is 0. The Bertz CT molecular complexity index is 346. The zero-order chi connectivity index (χ0) is 16.1. The van der Waals surface area contributed by atoms with Gasteiger partial charge in [0.2, 0.25) is 0 Å². The Hall–Kier alpha value is 0.0900. The topological polar surface area (TPSA) is 39.8 Å². The first kappa shape index (κ1) is 20.4. The Morgan fingerprint density at radius 2 is 2.00 bits per heavy atom. The SMILES string of the molecule is CCN1CCN(C(C)CNC2CCCC2C2COCCN2)CC1.Cl. The van der Waals surface area contributed by atoms with Gasteiger partial charge in [-0.25, -0.2) is 0 Å². The van der Waals surface area contributed by atoms with Gasteiger partial charge < -0.3 is 20.3 Å². The number of rotatable bonds is 6. The van der Waals surface area contributed by atoms with Gasteiger partial charge in [-0.2, -0.15) is 0 Å². The van der Waals surface area contributed by atoms with Crippen molar-refractivity contribution >= 4 is 12.4 Å². The van der Waals surface area contributed by atoms with E-state index in [0.29, 0.717) is 18.1 Å². The Morgan fingerprint density at radius 1 is 1.21 bits per heavy atom. The van der Waals surface area contributed by atoms with Crippen LogP contribution in [0.2, 0.25) is 0 Å².